The van der Waals surface area contributed by atoms with Crippen LogP contribution >= 0.6 is 34.8 Å². The van der Waals surface area contributed by atoms with Crippen LogP contribution in [0.5, 0.6) is 0 Å². The Kier molecular flexibility index (Phi) is 2.59. The van der Waals surface area contributed by atoms with E-state index in [9.17, 15) is 14.4 Å². The fourth-order valence-electron chi connectivity index (χ4n) is 1.37. The maximum atomic E-state index is 11.2. The summed E-state index contributed by atoms with van der Waals surface area (Å²) in [6, 6.07) is 0. The summed E-state index contributed by atoms with van der Waals surface area (Å²) in [6.07, 6.45) is 0. The molecule has 7 heteroatoms. The normalized spacial score (nSPS) is 33.6. The summed E-state index contributed by atoms with van der Waals surface area (Å²) < 4.78 is -1.82. The molecule has 0 aromatic heterocycles. The van der Waals surface area contributed by atoms with Crippen LogP contribution in [0.4, 0.5) is 0 Å². The van der Waals surface area contributed by atoms with Gasteiger partial charge in [0.25, 0.3) is 5.78 Å². The molecule has 14 heavy (non-hydrogen) atoms. The summed E-state index contributed by atoms with van der Waals surface area (Å²) in [5.74, 6) is -3.88. The van der Waals surface area contributed by atoms with Gasteiger partial charge >= 0.3 is 5.97 Å². The second-order valence-electron chi connectivity index (χ2n) is 2.98. The summed E-state index contributed by atoms with van der Waals surface area (Å²) in [7, 11) is 0. The van der Waals surface area contributed by atoms with E-state index in [0.29, 0.717) is 0 Å². The SMILES string of the molecule is CC(=O)C1(C(=O)C(=O)O)C(Cl)C1(Cl)Cl. The van der Waals surface area contributed by atoms with Gasteiger partial charge < -0.3 is 5.11 Å². The van der Waals surface area contributed by atoms with E-state index in [2.05, 4.69) is 0 Å². The van der Waals surface area contributed by atoms with Crippen molar-refractivity contribution in [2.45, 2.75) is 16.6 Å². The Morgan fingerprint density at radius 1 is 1.29 bits per heavy atom. The van der Waals surface area contributed by atoms with Crippen molar-refractivity contribution in [3.8, 4) is 0 Å². The van der Waals surface area contributed by atoms with E-state index in [0.717, 1.165) is 6.92 Å². The predicted octanol–water partition coefficient (Wildman–Crippen LogP) is 1.01. The molecule has 1 saturated carbocycles. The molecule has 0 bridgehead atoms. The molecule has 2 unspecified atom stereocenters. The third kappa shape index (κ3) is 1.11. The molecular weight excluding hydrogens is 254 g/mol. The number of carboxylic acid groups (broad SMARTS) is 1. The molecule has 1 rings (SSSR count). The molecule has 0 aromatic carbocycles. The monoisotopic (exact) mass is 258 g/mol. The van der Waals surface area contributed by atoms with Gasteiger partial charge in [-0.3, -0.25) is 9.59 Å². The number of halogens is 3. The number of carboxylic acids is 1. The Morgan fingerprint density at radius 3 is 1.71 bits per heavy atom. The molecule has 0 amide bonds. The fraction of sp³-hybridized carbons (Fsp3) is 0.571. The lowest BCUT2D eigenvalue weighted by molar-refractivity contribution is -0.153. The summed E-state index contributed by atoms with van der Waals surface area (Å²) in [5.41, 5.74) is -2.00. The van der Waals surface area contributed by atoms with Crippen LogP contribution in [-0.2, 0) is 14.4 Å². The van der Waals surface area contributed by atoms with Gasteiger partial charge in [-0.05, 0) is 6.92 Å². The van der Waals surface area contributed by atoms with Gasteiger partial charge in [0.15, 0.2) is 9.75 Å². The number of hydrogen-bond donors (Lipinski definition) is 1. The molecule has 1 N–H and O–H groups in total. The topological polar surface area (TPSA) is 71.4 Å². The zero-order valence-electron chi connectivity index (χ0n) is 6.88. The summed E-state index contributed by atoms with van der Waals surface area (Å²) in [4.78, 5) is 32.8. The van der Waals surface area contributed by atoms with Gasteiger partial charge in [-0.2, -0.15) is 0 Å². The number of alkyl halides is 3. The molecule has 0 radical (unpaired) electrons. The zero-order chi connectivity index (χ0) is 11.3. The van der Waals surface area contributed by atoms with E-state index in [-0.39, 0.29) is 0 Å². The second-order valence-corrected chi connectivity index (χ2v) is 4.81. The molecule has 78 valence electrons. The highest BCUT2D eigenvalue weighted by Crippen LogP contribution is 2.67. The minimum atomic E-state index is -2.00. The third-order valence-electron chi connectivity index (χ3n) is 2.25. The van der Waals surface area contributed by atoms with Crippen LogP contribution < -0.4 is 0 Å². The maximum absolute atomic E-state index is 11.2. The highest BCUT2D eigenvalue weighted by atomic mass is 35.5. The van der Waals surface area contributed by atoms with E-state index in [1.807, 2.05) is 0 Å². The number of carbonyl (C=O) groups is 3. The largest absolute Gasteiger partial charge is 0.475 e. The summed E-state index contributed by atoms with van der Waals surface area (Å²) in [5, 5.41) is 7.28. The average molecular weight is 259 g/mol. The molecule has 0 aromatic rings. The molecule has 2 atom stereocenters. The lowest BCUT2D eigenvalue weighted by atomic mass is 9.96. The highest BCUT2D eigenvalue weighted by Gasteiger charge is 2.83. The predicted molar refractivity (Wildman–Crippen MR) is 49.8 cm³/mol. The number of carbonyl (C=O) groups excluding carboxylic acids is 2. The zero-order valence-corrected chi connectivity index (χ0v) is 9.15. The highest BCUT2D eigenvalue weighted by molar-refractivity contribution is 6.65. The average Bonchev–Trinajstić information content (AvgIpc) is 2.46. The first-order valence-electron chi connectivity index (χ1n) is 3.51. The van der Waals surface area contributed by atoms with Gasteiger partial charge in [0.2, 0.25) is 0 Å². The lowest BCUT2D eigenvalue weighted by Crippen LogP contribution is -2.35. The third-order valence-corrected chi connectivity index (χ3v) is 4.16. The van der Waals surface area contributed by atoms with E-state index in [4.69, 9.17) is 39.9 Å². The van der Waals surface area contributed by atoms with E-state index in [1.54, 1.807) is 0 Å². The van der Waals surface area contributed by atoms with Crippen molar-refractivity contribution in [1.82, 2.24) is 0 Å². The Morgan fingerprint density at radius 2 is 1.64 bits per heavy atom. The van der Waals surface area contributed by atoms with Crippen molar-refractivity contribution < 1.29 is 19.5 Å². The van der Waals surface area contributed by atoms with Gasteiger partial charge in [0.1, 0.15) is 5.78 Å². The van der Waals surface area contributed by atoms with Crippen molar-refractivity contribution in [3.63, 3.8) is 0 Å². The van der Waals surface area contributed by atoms with Crippen molar-refractivity contribution in [1.29, 1.82) is 0 Å². The minimum Gasteiger partial charge on any atom is -0.475 e. The van der Waals surface area contributed by atoms with Crippen LogP contribution in [-0.4, -0.2) is 32.4 Å². The van der Waals surface area contributed by atoms with E-state index < -0.39 is 32.7 Å². The minimum absolute atomic E-state index is 0.741. The van der Waals surface area contributed by atoms with Crippen LogP contribution in [0, 0.1) is 5.41 Å². The van der Waals surface area contributed by atoms with Gasteiger partial charge in [-0.1, -0.05) is 23.2 Å². The Hall–Kier alpha value is -0.320. The second kappa shape index (κ2) is 3.08. The molecule has 0 heterocycles. The van der Waals surface area contributed by atoms with Crippen molar-refractivity contribution in [3.05, 3.63) is 0 Å². The smallest absolute Gasteiger partial charge is 0.373 e. The van der Waals surface area contributed by atoms with Gasteiger partial charge in [0, 0.05) is 0 Å². The first-order chi connectivity index (χ1) is 6.20. The van der Waals surface area contributed by atoms with Crippen LogP contribution in [0.25, 0.3) is 0 Å². The first kappa shape index (κ1) is 11.8. The first-order valence-corrected chi connectivity index (χ1v) is 4.70. The molecular formula is C7H5Cl3O4. The van der Waals surface area contributed by atoms with Crippen LogP contribution in [0.1, 0.15) is 6.92 Å². The maximum Gasteiger partial charge on any atom is 0.373 e. The van der Waals surface area contributed by atoms with Crippen LogP contribution in [0.3, 0.4) is 0 Å². The van der Waals surface area contributed by atoms with Crippen molar-refractivity contribution in [2.75, 3.05) is 0 Å². The van der Waals surface area contributed by atoms with Gasteiger partial charge in [0.05, 0.1) is 5.38 Å². The molecule has 4 nitrogen and oxygen atoms in total. The van der Waals surface area contributed by atoms with Crippen LogP contribution in [0.15, 0.2) is 0 Å². The quantitative estimate of drug-likeness (QED) is 0.466. The number of rotatable bonds is 3. The van der Waals surface area contributed by atoms with Crippen molar-refractivity contribution >= 4 is 52.3 Å². The molecule has 1 aliphatic carbocycles. The standard InChI is InChI=1S/C7H5Cl3O4/c1-2(11)6(3(12)4(13)14)5(8)7(6,9)10/h5H,1H3,(H,13,14). The van der Waals surface area contributed by atoms with Crippen LogP contribution in [0.2, 0.25) is 0 Å². The van der Waals surface area contributed by atoms with Crippen molar-refractivity contribution in [2.24, 2.45) is 5.41 Å². The molecule has 0 spiro atoms. The number of Topliss-reactive ketones (excluding diaryl/α,β-unsaturated/α-hetero) is 2. The molecule has 1 fully saturated rings. The van der Waals surface area contributed by atoms with E-state index in [1.165, 1.54) is 0 Å². The Labute approximate surface area is 94.1 Å². The number of aliphatic carboxylic acids is 1. The number of ketones is 2. The summed E-state index contributed by atoms with van der Waals surface area (Å²) >= 11 is 16.7. The molecule has 0 aliphatic heterocycles. The summed E-state index contributed by atoms with van der Waals surface area (Å²) in [6.45, 7) is 1.03. The fourth-order valence-corrected chi connectivity index (χ4v) is 2.89. The molecule has 1 aliphatic rings. The Balaban J connectivity index is 3.19. The Bertz CT molecular complexity index is 338. The van der Waals surface area contributed by atoms with Gasteiger partial charge in [-0.15, -0.1) is 11.6 Å². The lowest BCUT2D eigenvalue weighted by Gasteiger charge is -2.08. The number of hydrogen-bond acceptors (Lipinski definition) is 3. The van der Waals surface area contributed by atoms with E-state index >= 15 is 0 Å². The van der Waals surface area contributed by atoms with Gasteiger partial charge in [-0.25, -0.2) is 4.79 Å². The molecule has 0 saturated heterocycles.